The molecule has 1 aromatic heterocycles. The second-order valence-corrected chi connectivity index (χ2v) is 7.15. The zero-order chi connectivity index (χ0) is 18.7. The van der Waals surface area contributed by atoms with Gasteiger partial charge in [0.1, 0.15) is 5.69 Å². The summed E-state index contributed by atoms with van der Waals surface area (Å²) in [5, 5.41) is 2.96. The number of nitrogens with one attached hydrogen (secondary N) is 1. The van der Waals surface area contributed by atoms with E-state index in [0.717, 1.165) is 42.7 Å². The van der Waals surface area contributed by atoms with Gasteiger partial charge >= 0.3 is 0 Å². The van der Waals surface area contributed by atoms with E-state index in [0.29, 0.717) is 17.2 Å². The number of piperidine rings is 1. The average Bonchev–Trinajstić information content (AvgIpc) is 2.64. The molecule has 1 unspecified atom stereocenters. The summed E-state index contributed by atoms with van der Waals surface area (Å²) >= 11 is 0. The predicted molar refractivity (Wildman–Crippen MR) is 102 cm³/mol. The van der Waals surface area contributed by atoms with Crippen molar-refractivity contribution in [1.82, 2.24) is 9.88 Å². The number of nitrogens with zero attached hydrogens (tertiary/aromatic N) is 2. The monoisotopic (exact) mass is 351 g/mol. The van der Waals surface area contributed by atoms with Crippen molar-refractivity contribution in [2.24, 2.45) is 5.92 Å². The summed E-state index contributed by atoms with van der Waals surface area (Å²) in [5.74, 6) is 0.173. The van der Waals surface area contributed by atoms with Crippen LogP contribution in [0.3, 0.4) is 0 Å². The molecule has 136 valence electrons. The number of hydrogen-bond donors (Lipinski definition) is 1. The van der Waals surface area contributed by atoms with Crippen molar-refractivity contribution >= 4 is 17.5 Å². The molecule has 1 saturated heterocycles. The van der Waals surface area contributed by atoms with E-state index in [4.69, 9.17) is 0 Å². The molecule has 0 bridgehead atoms. The van der Waals surface area contributed by atoms with Crippen LogP contribution in [0.2, 0.25) is 0 Å². The van der Waals surface area contributed by atoms with Gasteiger partial charge in [0.15, 0.2) is 0 Å². The predicted octanol–water partition coefficient (Wildman–Crippen LogP) is 3.82. The molecule has 5 nitrogen and oxygen atoms in total. The van der Waals surface area contributed by atoms with Gasteiger partial charge in [-0.05, 0) is 55.9 Å². The number of carbonyl (C=O) groups is 2. The molecule has 2 aromatic rings. The highest BCUT2D eigenvalue weighted by Crippen LogP contribution is 2.21. The maximum atomic E-state index is 12.7. The lowest BCUT2D eigenvalue weighted by molar-refractivity contribution is 0.0677. The first-order chi connectivity index (χ1) is 12.5. The Morgan fingerprint density at radius 2 is 1.92 bits per heavy atom. The van der Waals surface area contributed by atoms with E-state index < -0.39 is 0 Å². The van der Waals surface area contributed by atoms with Gasteiger partial charge < -0.3 is 10.2 Å². The van der Waals surface area contributed by atoms with Crippen LogP contribution < -0.4 is 5.32 Å². The van der Waals surface area contributed by atoms with Gasteiger partial charge in [0.25, 0.3) is 11.8 Å². The molecule has 2 amide bonds. The number of carbonyl (C=O) groups excluding carboxylic acids is 2. The SMILES string of the molecule is Cc1cccc(C)c1NC(=O)c1ccnc(C(=O)N2CCCC(C)C2)c1. The number of benzene rings is 1. The Labute approximate surface area is 154 Å². The van der Waals surface area contributed by atoms with Crippen molar-refractivity contribution < 1.29 is 9.59 Å². The maximum Gasteiger partial charge on any atom is 0.272 e. The molecule has 1 aliphatic rings. The highest BCUT2D eigenvalue weighted by atomic mass is 16.2. The Kier molecular flexibility index (Phi) is 5.35. The first kappa shape index (κ1) is 18.1. The maximum absolute atomic E-state index is 12.7. The molecule has 0 spiro atoms. The molecule has 0 radical (unpaired) electrons. The lowest BCUT2D eigenvalue weighted by atomic mass is 10.00. The number of amides is 2. The van der Waals surface area contributed by atoms with Gasteiger partial charge in [-0.3, -0.25) is 14.6 Å². The molecule has 1 N–H and O–H groups in total. The minimum Gasteiger partial charge on any atom is -0.337 e. The number of aromatic nitrogens is 1. The number of para-hydroxylation sites is 1. The lowest BCUT2D eigenvalue weighted by Gasteiger charge is -2.30. The van der Waals surface area contributed by atoms with Crippen molar-refractivity contribution in [2.75, 3.05) is 18.4 Å². The number of rotatable bonds is 3. The second kappa shape index (κ2) is 7.68. The Morgan fingerprint density at radius 3 is 2.62 bits per heavy atom. The molecule has 0 aliphatic carbocycles. The molecule has 1 aliphatic heterocycles. The fourth-order valence-electron chi connectivity index (χ4n) is 3.42. The summed E-state index contributed by atoms with van der Waals surface area (Å²) in [7, 11) is 0. The lowest BCUT2D eigenvalue weighted by Crippen LogP contribution is -2.39. The molecule has 2 heterocycles. The van der Waals surface area contributed by atoms with Gasteiger partial charge in [0.2, 0.25) is 0 Å². The third-order valence-corrected chi connectivity index (χ3v) is 4.91. The Bertz CT molecular complexity index is 812. The van der Waals surface area contributed by atoms with E-state index in [-0.39, 0.29) is 11.8 Å². The highest BCUT2D eigenvalue weighted by molar-refractivity contribution is 6.06. The molecule has 1 aromatic carbocycles. The van der Waals surface area contributed by atoms with E-state index in [1.54, 1.807) is 12.1 Å². The molecule has 0 saturated carbocycles. The zero-order valence-electron chi connectivity index (χ0n) is 15.6. The zero-order valence-corrected chi connectivity index (χ0v) is 15.6. The summed E-state index contributed by atoms with van der Waals surface area (Å²) in [5.41, 5.74) is 3.59. The van der Waals surface area contributed by atoms with Gasteiger partial charge in [-0.1, -0.05) is 25.1 Å². The molecule has 3 rings (SSSR count). The van der Waals surface area contributed by atoms with Crippen LogP contribution >= 0.6 is 0 Å². The van der Waals surface area contributed by atoms with Gasteiger partial charge in [-0.2, -0.15) is 0 Å². The highest BCUT2D eigenvalue weighted by Gasteiger charge is 2.23. The van der Waals surface area contributed by atoms with Crippen LogP contribution in [0.4, 0.5) is 5.69 Å². The number of anilines is 1. The summed E-state index contributed by atoms with van der Waals surface area (Å²) in [6.07, 6.45) is 3.69. The standard InChI is InChI=1S/C21H25N3O2/c1-14-6-5-11-24(13-14)21(26)18-12-17(9-10-22-18)20(25)23-19-15(2)7-4-8-16(19)3/h4,7-10,12,14H,5-6,11,13H2,1-3H3,(H,23,25). The van der Waals surface area contributed by atoms with Crippen molar-refractivity contribution in [3.63, 3.8) is 0 Å². The second-order valence-electron chi connectivity index (χ2n) is 7.15. The van der Waals surface area contributed by atoms with Crippen LogP contribution in [-0.2, 0) is 0 Å². The minimum absolute atomic E-state index is 0.0988. The van der Waals surface area contributed by atoms with Crippen LogP contribution in [0.15, 0.2) is 36.5 Å². The largest absolute Gasteiger partial charge is 0.337 e. The summed E-state index contributed by atoms with van der Waals surface area (Å²) in [6, 6.07) is 9.11. The fourth-order valence-corrected chi connectivity index (χ4v) is 3.42. The van der Waals surface area contributed by atoms with Crippen LogP contribution in [0.1, 0.15) is 51.7 Å². The first-order valence-corrected chi connectivity index (χ1v) is 9.08. The van der Waals surface area contributed by atoms with Crippen molar-refractivity contribution in [2.45, 2.75) is 33.6 Å². The number of aryl methyl sites for hydroxylation is 2. The van der Waals surface area contributed by atoms with Crippen LogP contribution in [-0.4, -0.2) is 34.8 Å². The van der Waals surface area contributed by atoms with E-state index in [1.807, 2.05) is 36.9 Å². The van der Waals surface area contributed by atoms with Gasteiger partial charge in [0.05, 0.1) is 0 Å². The van der Waals surface area contributed by atoms with E-state index in [9.17, 15) is 9.59 Å². The fraction of sp³-hybridized carbons (Fsp3) is 0.381. The molecule has 1 fully saturated rings. The third kappa shape index (κ3) is 3.93. The minimum atomic E-state index is -0.231. The van der Waals surface area contributed by atoms with Gasteiger partial charge in [0, 0.05) is 30.5 Å². The summed E-state index contributed by atoms with van der Waals surface area (Å²) in [6.45, 7) is 7.58. The van der Waals surface area contributed by atoms with Gasteiger partial charge in [-0.15, -0.1) is 0 Å². The van der Waals surface area contributed by atoms with Crippen molar-refractivity contribution in [1.29, 1.82) is 0 Å². The van der Waals surface area contributed by atoms with Crippen LogP contribution in [0.25, 0.3) is 0 Å². The molecule has 5 heteroatoms. The number of pyridine rings is 1. The van der Waals surface area contributed by atoms with Crippen molar-refractivity contribution in [3.05, 3.63) is 58.9 Å². The van der Waals surface area contributed by atoms with Crippen LogP contribution in [0, 0.1) is 19.8 Å². The summed E-state index contributed by atoms with van der Waals surface area (Å²) in [4.78, 5) is 31.4. The molecular formula is C21H25N3O2. The quantitative estimate of drug-likeness (QED) is 0.914. The van der Waals surface area contributed by atoms with E-state index >= 15 is 0 Å². The van der Waals surface area contributed by atoms with E-state index in [1.165, 1.54) is 6.20 Å². The number of hydrogen-bond acceptors (Lipinski definition) is 3. The average molecular weight is 351 g/mol. The molecular weight excluding hydrogens is 326 g/mol. The topological polar surface area (TPSA) is 62.3 Å². The Morgan fingerprint density at radius 1 is 1.19 bits per heavy atom. The normalized spacial score (nSPS) is 17.0. The summed E-state index contributed by atoms with van der Waals surface area (Å²) < 4.78 is 0. The van der Waals surface area contributed by atoms with Gasteiger partial charge in [-0.25, -0.2) is 0 Å². The molecule has 26 heavy (non-hydrogen) atoms. The third-order valence-electron chi connectivity index (χ3n) is 4.91. The van der Waals surface area contributed by atoms with E-state index in [2.05, 4.69) is 17.2 Å². The van der Waals surface area contributed by atoms with Crippen LogP contribution in [0.5, 0.6) is 0 Å². The first-order valence-electron chi connectivity index (χ1n) is 9.08. The molecule has 1 atom stereocenters. The van der Waals surface area contributed by atoms with Crippen molar-refractivity contribution in [3.8, 4) is 0 Å². The number of likely N-dealkylation sites (tertiary alicyclic amines) is 1. The Balaban J connectivity index is 1.78. The Hall–Kier alpha value is -2.69. The smallest absolute Gasteiger partial charge is 0.272 e.